The first kappa shape index (κ1) is 12.6. The zero-order valence-corrected chi connectivity index (χ0v) is 9.79. The van der Waals surface area contributed by atoms with Gasteiger partial charge in [-0.05, 0) is 39.2 Å². The second-order valence-electron chi connectivity index (χ2n) is 3.85. The van der Waals surface area contributed by atoms with Crippen molar-refractivity contribution in [3.05, 3.63) is 29.6 Å². The Bertz CT molecular complexity index is 377. The Morgan fingerprint density at radius 3 is 2.62 bits per heavy atom. The van der Waals surface area contributed by atoms with Crippen molar-refractivity contribution in [2.75, 3.05) is 27.2 Å². The number of hydrogen-bond donors (Lipinski definition) is 0. The van der Waals surface area contributed by atoms with E-state index in [0.717, 1.165) is 0 Å². The molecule has 0 aliphatic rings. The molecule has 0 N–H and O–H groups in total. The quantitative estimate of drug-likeness (QED) is 0.717. The molecule has 16 heavy (non-hydrogen) atoms. The van der Waals surface area contributed by atoms with Crippen LogP contribution in [0.4, 0.5) is 4.39 Å². The minimum absolute atomic E-state index is 0.154. The Labute approximate surface area is 94.8 Å². The Hall–Kier alpha value is -1.42. The van der Waals surface area contributed by atoms with Gasteiger partial charge in [-0.15, -0.1) is 0 Å². The molecule has 0 radical (unpaired) electrons. The van der Waals surface area contributed by atoms with Crippen molar-refractivity contribution < 1.29 is 13.9 Å². The van der Waals surface area contributed by atoms with E-state index in [2.05, 4.69) is 0 Å². The number of hydrogen-bond acceptors (Lipinski definition) is 3. The second-order valence-corrected chi connectivity index (χ2v) is 3.85. The summed E-state index contributed by atoms with van der Waals surface area (Å²) in [6.07, 6.45) is 0. The summed E-state index contributed by atoms with van der Waals surface area (Å²) in [5.41, 5.74) is 0.359. The fourth-order valence-corrected chi connectivity index (χ4v) is 1.18. The minimum atomic E-state index is -0.494. The highest BCUT2D eigenvalue weighted by Crippen LogP contribution is 2.18. The molecule has 0 heterocycles. The van der Waals surface area contributed by atoms with E-state index in [-0.39, 0.29) is 11.5 Å². The number of benzene rings is 1. The number of carbonyl (C=O) groups is 1. The normalized spacial score (nSPS) is 10.6. The van der Waals surface area contributed by atoms with Gasteiger partial charge >= 0.3 is 0 Å². The summed E-state index contributed by atoms with van der Waals surface area (Å²) in [4.78, 5) is 12.9. The van der Waals surface area contributed by atoms with Crippen LogP contribution in [-0.2, 0) is 0 Å². The molecule has 0 spiro atoms. The van der Waals surface area contributed by atoms with Crippen LogP contribution in [0.15, 0.2) is 18.2 Å². The fraction of sp³-hybridized carbons (Fsp3) is 0.417. The summed E-state index contributed by atoms with van der Waals surface area (Å²) >= 11 is 0. The monoisotopic (exact) mass is 225 g/mol. The molecule has 0 fully saturated rings. The summed E-state index contributed by atoms with van der Waals surface area (Å²) in [5, 5.41) is 0. The highest BCUT2D eigenvalue weighted by molar-refractivity contribution is 5.94. The Morgan fingerprint density at radius 2 is 2.12 bits per heavy atom. The highest BCUT2D eigenvalue weighted by atomic mass is 19.1. The SMILES string of the molecule is CC(=O)c1ccc(OCCN(C)C)c(F)c1. The third-order valence-corrected chi connectivity index (χ3v) is 2.13. The van der Waals surface area contributed by atoms with Gasteiger partial charge in [-0.25, -0.2) is 4.39 Å². The molecule has 88 valence electrons. The lowest BCUT2D eigenvalue weighted by molar-refractivity contribution is 0.101. The van der Waals surface area contributed by atoms with Gasteiger partial charge in [-0.1, -0.05) is 0 Å². The maximum atomic E-state index is 13.4. The summed E-state index contributed by atoms with van der Waals surface area (Å²) in [6, 6.07) is 4.26. The third-order valence-electron chi connectivity index (χ3n) is 2.13. The molecule has 1 rings (SSSR count). The minimum Gasteiger partial charge on any atom is -0.489 e. The fourth-order valence-electron chi connectivity index (χ4n) is 1.18. The van der Waals surface area contributed by atoms with Gasteiger partial charge in [-0.3, -0.25) is 4.79 Å². The van der Waals surface area contributed by atoms with Crippen molar-refractivity contribution in [3.8, 4) is 5.75 Å². The molecule has 0 aromatic heterocycles. The Balaban J connectivity index is 2.64. The summed E-state index contributed by atoms with van der Waals surface area (Å²) in [5.74, 6) is -0.461. The van der Waals surface area contributed by atoms with Crippen LogP contribution >= 0.6 is 0 Å². The van der Waals surface area contributed by atoms with Crippen LogP contribution in [0.2, 0.25) is 0 Å². The van der Waals surface area contributed by atoms with Gasteiger partial charge in [0.15, 0.2) is 17.3 Å². The van der Waals surface area contributed by atoms with Crippen molar-refractivity contribution in [1.82, 2.24) is 4.90 Å². The molecular weight excluding hydrogens is 209 g/mol. The van der Waals surface area contributed by atoms with E-state index >= 15 is 0 Å². The Kier molecular flexibility index (Phi) is 4.43. The number of Topliss-reactive ketones (excluding diaryl/α,β-unsaturated/α-hetero) is 1. The van der Waals surface area contributed by atoms with Crippen molar-refractivity contribution in [1.29, 1.82) is 0 Å². The van der Waals surface area contributed by atoms with Crippen LogP contribution in [0.1, 0.15) is 17.3 Å². The Morgan fingerprint density at radius 1 is 1.44 bits per heavy atom. The van der Waals surface area contributed by atoms with E-state index < -0.39 is 5.82 Å². The van der Waals surface area contributed by atoms with E-state index in [1.165, 1.54) is 19.1 Å². The lowest BCUT2D eigenvalue weighted by atomic mass is 10.1. The smallest absolute Gasteiger partial charge is 0.165 e. The molecule has 4 heteroatoms. The summed E-state index contributed by atoms with van der Waals surface area (Å²) in [6.45, 7) is 2.54. The number of nitrogens with zero attached hydrogens (tertiary/aromatic N) is 1. The molecule has 0 saturated carbocycles. The van der Waals surface area contributed by atoms with Crippen molar-refractivity contribution in [2.45, 2.75) is 6.92 Å². The molecular formula is C12H16FNO2. The molecule has 1 aromatic carbocycles. The van der Waals surface area contributed by atoms with Gasteiger partial charge < -0.3 is 9.64 Å². The summed E-state index contributed by atoms with van der Waals surface area (Å²) < 4.78 is 18.7. The average Bonchev–Trinajstić information content (AvgIpc) is 2.19. The molecule has 0 saturated heterocycles. The number of halogens is 1. The van der Waals surface area contributed by atoms with Gasteiger partial charge in [0, 0.05) is 12.1 Å². The van der Waals surface area contributed by atoms with Crippen LogP contribution in [0.5, 0.6) is 5.75 Å². The number of carbonyl (C=O) groups excluding carboxylic acids is 1. The zero-order chi connectivity index (χ0) is 12.1. The molecule has 0 atom stereocenters. The first-order valence-corrected chi connectivity index (χ1v) is 5.08. The second kappa shape index (κ2) is 5.61. The van der Waals surface area contributed by atoms with E-state index in [0.29, 0.717) is 18.7 Å². The lowest BCUT2D eigenvalue weighted by Gasteiger charge is -2.11. The molecule has 0 aliphatic heterocycles. The summed E-state index contributed by atoms with van der Waals surface area (Å²) in [7, 11) is 3.83. The molecule has 1 aromatic rings. The number of likely N-dealkylation sites (N-methyl/N-ethyl adjacent to an activating group) is 1. The topological polar surface area (TPSA) is 29.5 Å². The predicted molar refractivity (Wildman–Crippen MR) is 60.5 cm³/mol. The molecule has 0 amide bonds. The maximum absolute atomic E-state index is 13.4. The molecule has 0 bridgehead atoms. The lowest BCUT2D eigenvalue weighted by Crippen LogP contribution is -2.19. The zero-order valence-electron chi connectivity index (χ0n) is 9.79. The van der Waals surface area contributed by atoms with E-state index in [9.17, 15) is 9.18 Å². The van der Waals surface area contributed by atoms with Crippen LogP contribution in [0, 0.1) is 5.82 Å². The van der Waals surface area contributed by atoms with E-state index in [1.807, 2.05) is 19.0 Å². The van der Waals surface area contributed by atoms with Crippen molar-refractivity contribution in [3.63, 3.8) is 0 Å². The number of rotatable bonds is 5. The van der Waals surface area contributed by atoms with Crippen molar-refractivity contribution in [2.24, 2.45) is 0 Å². The molecule has 0 unspecified atom stereocenters. The van der Waals surface area contributed by atoms with Gasteiger partial charge in [0.25, 0.3) is 0 Å². The highest BCUT2D eigenvalue weighted by Gasteiger charge is 2.07. The van der Waals surface area contributed by atoms with Gasteiger partial charge in [0.05, 0.1) is 0 Å². The van der Waals surface area contributed by atoms with Crippen LogP contribution in [0.25, 0.3) is 0 Å². The largest absolute Gasteiger partial charge is 0.489 e. The van der Waals surface area contributed by atoms with E-state index in [1.54, 1.807) is 6.07 Å². The third kappa shape index (κ3) is 3.62. The molecule has 0 aliphatic carbocycles. The molecule has 3 nitrogen and oxygen atoms in total. The van der Waals surface area contributed by atoms with Gasteiger partial charge in [0.2, 0.25) is 0 Å². The van der Waals surface area contributed by atoms with Gasteiger partial charge in [-0.2, -0.15) is 0 Å². The standard InChI is InChI=1S/C12H16FNO2/c1-9(15)10-4-5-12(11(13)8-10)16-7-6-14(2)3/h4-5,8H,6-7H2,1-3H3. The first-order chi connectivity index (χ1) is 7.50. The van der Waals surface area contributed by atoms with Crippen molar-refractivity contribution >= 4 is 5.78 Å². The number of ketones is 1. The van der Waals surface area contributed by atoms with E-state index in [4.69, 9.17) is 4.74 Å². The van der Waals surface area contributed by atoms with Crippen LogP contribution < -0.4 is 4.74 Å². The van der Waals surface area contributed by atoms with Crippen LogP contribution in [0.3, 0.4) is 0 Å². The predicted octanol–water partition coefficient (Wildman–Crippen LogP) is 1.97. The number of ether oxygens (including phenoxy) is 1. The van der Waals surface area contributed by atoms with Crippen LogP contribution in [-0.4, -0.2) is 37.9 Å². The maximum Gasteiger partial charge on any atom is 0.165 e. The first-order valence-electron chi connectivity index (χ1n) is 5.08. The van der Waals surface area contributed by atoms with Gasteiger partial charge in [0.1, 0.15) is 6.61 Å². The average molecular weight is 225 g/mol.